The number of fused-ring (bicyclic) bond motifs is 1. The lowest BCUT2D eigenvalue weighted by molar-refractivity contribution is -0.117. The van der Waals surface area contributed by atoms with Gasteiger partial charge in [0.2, 0.25) is 0 Å². The second-order valence-electron chi connectivity index (χ2n) is 22.5. The number of nitrogens with one attached hydrogen (secondary N) is 3. The lowest BCUT2D eigenvalue weighted by Gasteiger charge is -2.52. The normalized spacial score (nSPS) is 22.0. The average molecular weight is 1010 g/mol. The summed E-state index contributed by atoms with van der Waals surface area (Å²) in [4.78, 5) is 35.8. The van der Waals surface area contributed by atoms with Crippen LogP contribution in [-0.2, 0) is 20.7 Å². The Bertz CT molecular complexity index is 2120. The molecule has 2 aliphatic heterocycles. The molecule has 15 heteroatoms. The molecule has 2 unspecified atom stereocenters. The van der Waals surface area contributed by atoms with E-state index in [1.165, 1.54) is 24.8 Å². The van der Waals surface area contributed by atoms with Crippen molar-refractivity contribution in [1.29, 1.82) is 0 Å². The number of benzene rings is 2. The third-order valence-electron chi connectivity index (χ3n) is 15.7. The zero-order valence-electron chi connectivity index (χ0n) is 44.1. The summed E-state index contributed by atoms with van der Waals surface area (Å²) in [6.45, 7) is 10.0. The van der Waals surface area contributed by atoms with Crippen LogP contribution in [0.1, 0.15) is 141 Å². The fourth-order valence-electron chi connectivity index (χ4n) is 12.4. The second-order valence-corrected chi connectivity index (χ2v) is 22.9. The lowest BCUT2D eigenvalue weighted by Crippen LogP contribution is -2.65. The van der Waals surface area contributed by atoms with Crippen LogP contribution in [-0.4, -0.2) is 129 Å². The van der Waals surface area contributed by atoms with E-state index in [9.17, 15) is 19.8 Å². The maximum atomic E-state index is 15.3. The number of aliphatic hydroxyl groups is 2. The second kappa shape index (κ2) is 26.6. The lowest BCUT2D eigenvalue weighted by atomic mass is 9.72. The summed E-state index contributed by atoms with van der Waals surface area (Å²) in [6, 6.07) is 11.3. The molecule has 1 saturated carbocycles. The minimum absolute atomic E-state index is 0.0303. The first-order valence-electron chi connectivity index (χ1n) is 26.8. The minimum atomic E-state index is -1.46. The fraction of sp³-hybridized carbons (Fsp3) is 0.714. The molecule has 6 rings (SSSR count). The Kier molecular flexibility index (Phi) is 21.3. The topological polar surface area (TPSA) is 152 Å². The van der Waals surface area contributed by atoms with Crippen molar-refractivity contribution in [3.8, 4) is 0 Å². The molecule has 1 aliphatic carbocycles. The number of urea groups is 2. The molecule has 0 bridgehead atoms. The number of halogens is 2. The highest BCUT2D eigenvalue weighted by Gasteiger charge is 2.50. The highest BCUT2D eigenvalue weighted by molar-refractivity contribution is 6.30. The number of ether oxygens (including phenoxy) is 2. The van der Waals surface area contributed by atoms with E-state index in [0.717, 1.165) is 56.9 Å². The molecule has 5 N–H and O–H groups in total. The number of carbonyl (C=O) groups is 2. The van der Waals surface area contributed by atoms with E-state index in [-0.39, 0.29) is 42.0 Å². The van der Waals surface area contributed by atoms with Gasteiger partial charge in [0.15, 0.2) is 0 Å². The van der Waals surface area contributed by atoms with Crippen LogP contribution in [0.3, 0.4) is 0 Å². The number of amides is 4. The summed E-state index contributed by atoms with van der Waals surface area (Å²) < 4.78 is 32.0. The van der Waals surface area contributed by atoms with Gasteiger partial charge in [-0.1, -0.05) is 76.6 Å². The number of hydrogen-bond acceptors (Lipinski definition) is 9. The average Bonchev–Trinajstić information content (AvgIpc) is 3.82. The van der Waals surface area contributed by atoms with Crippen LogP contribution in [0.25, 0.3) is 11.0 Å². The van der Waals surface area contributed by atoms with Crippen LogP contribution in [0.4, 0.5) is 14.0 Å². The first-order chi connectivity index (χ1) is 34.0. The van der Waals surface area contributed by atoms with Crippen molar-refractivity contribution < 1.29 is 38.1 Å². The zero-order valence-corrected chi connectivity index (χ0v) is 44.8. The van der Waals surface area contributed by atoms with Crippen molar-refractivity contribution in [2.75, 3.05) is 74.3 Å². The molecule has 7 atom stereocenters. The predicted molar refractivity (Wildman–Crippen MR) is 281 cm³/mol. The number of rotatable bonds is 24. The monoisotopic (exact) mass is 1010 g/mol. The Balaban J connectivity index is 1.33. The van der Waals surface area contributed by atoms with Gasteiger partial charge >= 0.3 is 12.1 Å². The number of piperidine rings is 2. The molecule has 2 aromatic carbocycles. The van der Waals surface area contributed by atoms with E-state index in [0.29, 0.717) is 118 Å². The molecule has 3 aromatic rings. The molecule has 0 spiro atoms. The quantitative estimate of drug-likeness (QED) is 0.0553. The molecular formula is C56H88ClFN6O7. The van der Waals surface area contributed by atoms with Crippen LogP contribution in [0.2, 0.25) is 5.02 Å². The largest absolute Gasteiger partial charge is 0.464 e. The van der Waals surface area contributed by atoms with Crippen molar-refractivity contribution >= 4 is 34.6 Å². The number of hydrogen-bond donors (Lipinski definition) is 5. The number of carbonyl (C=O) groups excluding carboxylic acids is 2. The van der Waals surface area contributed by atoms with E-state index < -0.39 is 29.1 Å². The zero-order chi connectivity index (χ0) is 51.2. The van der Waals surface area contributed by atoms with Gasteiger partial charge in [0, 0.05) is 100 Å². The van der Waals surface area contributed by atoms with Gasteiger partial charge in [-0.3, -0.25) is 4.90 Å². The summed E-state index contributed by atoms with van der Waals surface area (Å²) in [5.74, 6) is -0.812. The van der Waals surface area contributed by atoms with Crippen molar-refractivity contribution in [2.45, 2.75) is 159 Å². The van der Waals surface area contributed by atoms with E-state index in [2.05, 4.69) is 41.6 Å². The van der Waals surface area contributed by atoms with Crippen molar-refractivity contribution in [2.24, 2.45) is 23.2 Å². The highest BCUT2D eigenvalue weighted by Crippen LogP contribution is 2.46. The maximum absolute atomic E-state index is 15.3. The fourth-order valence-corrected chi connectivity index (χ4v) is 12.6. The highest BCUT2D eigenvalue weighted by atomic mass is 35.5. The van der Waals surface area contributed by atoms with E-state index >= 15 is 4.39 Å². The van der Waals surface area contributed by atoms with Gasteiger partial charge in [-0.2, -0.15) is 0 Å². The number of nitrogens with zero attached hydrogens (tertiary/aromatic N) is 3. The Morgan fingerprint density at radius 2 is 1.56 bits per heavy atom. The number of likely N-dealkylation sites (N-methyl/N-ethyl adjacent to an activating group) is 2. The van der Waals surface area contributed by atoms with Gasteiger partial charge in [-0.15, -0.1) is 0 Å². The molecular weight excluding hydrogens is 923 g/mol. The summed E-state index contributed by atoms with van der Waals surface area (Å²) in [5.41, 5.74) is -1.23. The number of furan rings is 1. The molecule has 3 fully saturated rings. The minimum Gasteiger partial charge on any atom is -0.464 e. The molecule has 3 heterocycles. The number of unbranched alkanes of at least 4 members (excludes halogenated alkanes) is 2. The van der Waals surface area contributed by atoms with Crippen LogP contribution in [0.15, 0.2) is 53.1 Å². The first-order valence-corrected chi connectivity index (χ1v) is 27.2. The van der Waals surface area contributed by atoms with Gasteiger partial charge in [0.1, 0.15) is 11.4 Å². The molecule has 4 amide bonds. The molecule has 1 aromatic heterocycles. The van der Waals surface area contributed by atoms with Gasteiger partial charge in [-0.05, 0) is 138 Å². The summed E-state index contributed by atoms with van der Waals surface area (Å²) in [5, 5.41) is 37.6. The van der Waals surface area contributed by atoms with E-state index in [4.69, 9.17) is 25.5 Å². The van der Waals surface area contributed by atoms with E-state index in [1.54, 1.807) is 20.3 Å². The van der Waals surface area contributed by atoms with Gasteiger partial charge in [0.25, 0.3) is 0 Å². The summed E-state index contributed by atoms with van der Waals surface area (Å²) >= 11 is 6.68. The maximum Gasteiger partial charge on any atom is 0.318 e. The van der Waals surface area contributed by atoms with Crippen LogP contribution >= 0.6 is 11.6 Å². The number of methoxy groups -OCH3 is 2. The smallest absolute Gasteiger partial charge is 0.318 e. The van der Waals surface area contributed by atoms with Crippen LogP contribution < -0.4 is 16.0 Å². The third kappa shape index (κ3) is 15.3. The van der Waals surface area contributed by atoms with Gasteiger partial charge < -0.3 is 49.9 Å². The molecule has 71 heavy (non-hydrogen) atoms. The molecule has 3 aliphatic rings. The first kappa shape index (κ1) is 56.8. The predicted octanol–water partition coefficient (Wildman–Crippen LogP) is 10.4. The van der Waals surface area contributed by atoms with Crippen LogP contribution in [0.5, 0.6) is 0 Å². The van der Waals surface area contributed by atoms with Gasteiger partial charge in [0.05, 0.1) is 23.6 Å². The Morgan fingerprint density at radius 1 is 0.873 bits per heavy atom. The van der Waals surface area contributed by atoms with Crippen molar-refractivity contribution in [1.82, 2.24) is 30.7 Å². The molecule has 13 nitrogen and oxygen atoms in total. The summed E-state index contributed by atoms with van der Waals surface area (Å²) in [6.07, 6.45) is 14.6. The Labute approximate surface area is 429 Å². The standard InChI is InChI=1S/C56H88ClFN6O7/c1-54(2,3)36-47(37-59-4)61-53(66)64-28-17-23-48(55(67,25-11-13-29-69-6)42-20-15-22-44(57)34-42)51(64)62(5)39-46(32-40-18-9-8-10-19-40)60-52(65)63-27-16-21-43(38-63)56(68,26-12-14-30-70-7)49-35-45(58)33-41-24-31-71-50(41)49/h15,20,22,24,31,33-35,40,43,46-48,51,59,67-68H,8-14,16-19,21,23,25-30,32,36-39H2,1-7H3,(H,60,65)(H,61,66)/t43-,46+,47+,48?,51?,55-,56+/m1/s1. The SMILES string of the molecule is CNC[C@H](CC(C)(C)C)NC(=O)N1CCCC([C@@](O)(CCCCOC)c2cccc(Cl)c2)C1N(C)C[C@H](CC1CCCCC1)NC(=O)N1CCC[C@@H]([C@@](O)(CCCCOC)c2cc(F)cc3ccoc23)C1. The summed E-state index contributed by atoms with van der Waals surface area (Å²) in [7, 11) is 7.30. The Hall–Kier alpha value is -3.50. The molecule has 0 radical (unpaired) electrons. The molecule has 2 saturated heterocycles. The van der Waals surface area contributed by atoms with Crippen molar-refractivity contribution in [3.63, 3.8) is 0 Å². The Morgan fingerprint density at radius 3 is 2.24 bits per heavy atom. The van der Waals surface area contributed by atoms with E-state index in [1.807, 2.05) is 48.2 Å². The number of likely N-dealkylation sites (tertiary alicyclic amines) is 2. The molecule has 398 valence electrons. The van der Waals surface area contributed by atoms with Crippen molar-refractivity contribution in [3.05, 3.63) is 70.7 Å². The third-order valence-corrected chi connectivity index (χ3v) is 16.0. The van der Waals surface area contributed by atoms with Crippen LogP contribution in [0, 0.1) is 29.0 Å². The van der Waals surface area contributed by atoms with Gasteiger partial charge in [-0.25, -0.2) is 14.0 Å².